The number of hydrogen-bond acceptors (Lipinski definition) is 2. The summed E-state index contributed by atoms with van der Waals surface area (Å²) in [6, 6.07) is 0. The topological polar surface area (TPSA) is 37.3 Å². The Bertz CT molecular complexity index is 257. The molecule has 2 nitrogen and oxygen atoms in total. The highest BCUT2D eigenvalue weighted by molar-refractivity contribution is 6.55. The predicted molar refractivity (Wildman–Crippen MR) is 48.1 cm³/mol. The molecule has 0 amide bonds. The first kappa shape index (κ1) is 9.78. The highest BCUT2D eigenvalue weighted by Gasteiger charge is 2.28. The fourth-order valence-corrected chi connectivity index (χ4v) is 1.56. The quantitative estimate of drug-likeness (QED) is 0.713. The van der Waals surface area contributed by atoms with Crippen LogP contribution in [0.4, 0.5) is 0 Å². The highest BCUT2D eigenvalue weighted by Crippen LogP contribution is 2.28. The number of rotatable bonds is 1. The van der Waals surface area contributed by atoms with Gasteiger partial charge in [0.2, 0.25) is 5.78 Å². The van der Waals surface area contributed by atoms with Gasteiger partial charge in [0.15, 0.2) is 0 Å². The first-order valence-corrected chi connectivity index (χ1v) is 4.28. The van der Waals surface area contributed by atoms with Crippen LogP contribution in [0.2, 0.25) is 0 Å². The van der Waals surface area contributed by atoms with E-state index in [2.05, 4.69) is 0 Å². The fourth-order valence-electron chi connectivity index (χ4n) is 0.930. The number of hydrogen-bond donors (Lipinski definition) is 1. The van der Waals surface area contributed by atoms with Crippen LogP contribution >= 0.6 is 23.2 Å². The van der Waals surface area contributed by atoms with Gasteiger partial charge in [-0.3, -0.25) is 4.79 Å². The summed E-state index contributed by atoms with van der Waals surface area (Å²) in [7, 11) is 0. The van der Waals surface area contributed by atoms with Gasteiger partial charge in [0.05, 0.1) is 10.1 Å². The Hall–Kier alpha value is -0.310. The zero-order valence-corrected chi connectivity index (χ0v) is 7.99. The third kappa shape index (κ3) is 1.71. The van der Waals surface area contributed by atoms with Crippen LogP contribution in [-0.4, -0.2) is 16.5 Å². The molecule has 1 aliphatic carbocycles. The monoisotopic (exact) mass is 206 g/mol. The van der Waals surface area contributed by atoms with Gasteiger partial charge >= 0.3 is 0 Å². The number of aliphatic hydroxyl groups is 1. The van der Waals surface area contributed by atoms with Gasteiger partial charge in [-0.15, -0.1) is 0 Å². The molecular weight excluding hydrogens is 199 g/mol. The van der Waals surface area contributed by atoms with Crippen LogP contribution in [0.3, 0.4) is 0 Å². The highest BCUT2D eigenvalue weighted by atomic mass is 35.5. The molecule has 0 aromatic heterocycles. The third-order valence-corrected chi connectivity index (χ3v) is 2.32. The summed E-state index contributed by atoms with van der Waals surface area (Å²) < 4.78 is 0. The molecular formula is C8H8Cl2O2. The first-order chi connectivity index (χ1) is 5.48. The Morgan fingerprint density at radius 1 is 1.42 bits per heavy atom. The zero-order valence-electron chi connectivity index (χ0n) is 6.47. The minimum atomic E-state index is -1.16. The molecule has 0 aromatic carbocycles. The summed E-state index contributed by atoms with van der Waals surface area (Å²) in [6.45, 7) is 1.77. The molecule has 12 heavy (non-hydrogen) atoms. The number of carbonyl (C=O) groups is 1. The maximum absolute atomic E-state index is 11.0. The summed E-state index contributed by atoms with van der Waals surface area (Å²) in [5.74, 6) is -0.434. The summed E-state index contributed by atoms with van der Waals surface area (Å²) in [5, 5.41) is 9.62. The van der Waals surface area contributed by atoms with Gasteiger partial charge in [-0.1, -0.05) is 30.1 Å². The second-order valence-electron chi connectivity index (χ2n) is 2.66. The van der Waals surface area contributed by atoms with Gasteiger partial charge in [-0.2, -0.15) is 0 Å². The van der Waals surface area contributed by atoms with Gasteiger partial charge in [0, 0.05) is 0 Å². The zero-order chi connectivity index (χ0) is 9.35. The molecule has 4 heteroatoms. The lowest BCUT2D eigenvalue weighted by Crippen LogP contribution is -2.27. The lowest BCUT2D eigenvalue weighted by molar-refractivity contribution is -0.111. The molecule has 1 N–H and O–H groups in total. The number of Topliss-reactive ketones (excluding diaryl/α,β-unsaturated/α-hetero) is 1. The SMILES string of the molecule is CCC1(O)C=C(Cl)C(=O)C(Cl)=C1. The molecule has 0 heterocycles. The van der Waals surface area contributed by atoms with E-state index in [1.807, 2.05) is 0 Å². The molecule has 0 atom stereocenters. The number of halogens is 2. The standard InChI is InChI=1S/C8H8Cl2O2/c1-2-8(12)3-5(9)7(11)6(10)4-8/h3-4,12H,2H2,1H3. The van der Waals surface area contributed by atoms with Crippen molar-refractivity contribution in [1.29, 1.82) is 0 Å². The first-order valence-electron chi connectivity index (χ1n) is 3.52. The van der Waals surface area contributed by atoms with Crippen molar-refractivity contribution in [1.82, 2.24) is 0 Å². The lowest BCUT2D eigenvalue weighted by Gasteiger charge is -2.22. The van der Waals surface area contributed by atoms with Gasteiger partial charge in [0.25, 0.3) is 0 Å². The molecule has 0 aromatic rings. The van der Waals surface area contributed by atoms with Crippen LogP contribution in [0.25, 0.3) is 0 Å². The second-order valence-corrected chi connectivity index (χ2v) is 3.47. The fraction of sp³-hybridized carbons (Fsp3) is 0.375. The molecule has 66 valence electrons. The number of allylic oxidation sites excluding steroid dienone is 2. The van der Waals surface area contributed by atoms with Gasteiger partial charge < -0.3 is 5.11 Å². The molecule has 0 spiro atoms. The average molecular weight is 207 g/mol. The van der Waals surface area contributed by atoms with E-state index >= 15 is 0 Å². The maximum atomic E-state index is 11.0. The van der Waals surface area contributed by atoms with E-state index in [4.69, 9.17) is 23.2 Å². The van der Waals surface area contributed by atoms with Gasteiger partial charge in [-0.25, -0.2) is 0 Å². The van der Waals surface area contributed by atoms with Gasteiger partial charge in [0.1, 0.15) is 5.60 Å². The molecule has 0 unspecified atom stereocenters. The third-order valence-electron chi connectivity index (χ3n) is 1.75. The van der Waals surface area contributed by atoms with Crippen LogP contribution in [0.15, 0.2) is 22.2 Å². The predicted octanol–water partition coefficient (Wildman–Crippen LogP) is 1.96. The van der Waals surface area contributed by atoms with E-state index in [1.165, 1.54) is 12.2 Å². The van der Waals surface area contributed by atoms with Crippen molar-refractivity contribution in [3.8, 4) is 0 Å². The molecule has 1 rings (SSSR count). The lowest BCUT2D eigenvalue weighted by atomic mass is 9.95. The second kappa shape index (κ2) is 3.21. The van der Waals surface area contributed by atoms with Crippen molar-refractivity contribution in [2.75, 3.05) is 0 Å². The number of carbonyl (C=O) groups excluding carboxylic acids is 1. The van der Waals surface area contributed by atoms with Crippen molar-refractivity contribution in [3.05, 3.63) is 22.2 Å². The van der Waals surface area contributed by atoms with E-state index in [1.54, 1.807) is 6.92 Å². The van der Waals surface area contributed by atoms with E-state index in [-0.39, 0.29) is 10.1 Å². The van der Waals surface area contributed by atoms with E-state index in [0.29, 0.717) is 6.42 Å². The molecule has 0 bridgehead atoms. The van der Waals surface area contributed by atoms with Crippen LogP contribution in [0.1, 0.15) is 13.3 Å². The summed E-state index contributed by atoms with van der Waals surface area (Å²) in [4.78, 5) is 11.0. The van der Waals surface area contributed by atoms with Crippen molar-refractivity contribution in [2.45, 2.75) is 18.9 Å². The molecule has 0 radical (unpaired) electrons. The summed E-state index contributed by atoms with van der Waals surface area (Å²) >= 11 is 11.1. The Kier molecular flexibility index (Phi) is 2.61. The van der Waals surface area contributed by atoms with E-state index in [9.17, 15) is 9.90 Å². The molecule has 0 aliphatic heterocycles. The largest absolute Gasteiger partial charge is 0.382 e. The van der Waals surface area contributed by atoms with Crippen LogP contribution < -0.4 is 0 Å². The Morgan fingerprint density at radius 2 is 1.83 bits per heavy atom. The average Bonchev–Trinajstić information content (AvgIpc) is 2.00. The van der Waals surface area contributed by atoms with Crippen molar-refractivity contribution >= 4 is 29.0 Å². The van der Waals surface area contributed by atoms with Crippen LogP contribution in [-0.2, 0) is 4.79 Å². The molecule has 0 saturated carbocycles. The number of ketones is 1. The van der Waals surface area contributed by atoms with Crippen molar-refractivity contribution < 1.29 is 9.90 Å². The Labute approximate surface area is 80.5 Å². The summed E-state index contributed by atoms with van der Waals surface area (Å²) in [5.41, 5.74) is -1.16. The minimum Gasteiger partial charge on any atom is -0.382 e. The smallest absolute Gasteiger partial charge is 0.215 e. The maximum Gasteiger partial charge on any atom is 0.215 e. The molecule has 0 fully saturated rings. The van der Waals surface area contributed by atoms with Gasteiger partial charge in [-0.05, 0) is 18.6 Å². The molecule has 1 aliphatic rings. The Balaban J connectivity index is 3.07. The normalized spacial score (nSPS) is 21.8. The van der Waals surface area contributed by atoms with Crippen LogP contribution in [0.5, 0.6) is 0 Å². The van der Waals surface area contributed by atoms with Crippen molar-refractivity contribution in [2.24, 2.45) is 0 Å². The van der Waals surface area contributed by atoms with Crippen molar-refractivity contribution in [3.63, 3.8) is 0 Å². The Morgan fingerprint density at radius 3 is 2.17 bits per heavy atom. The summed E-state index contributed by atoms with van der Waals surface area (Å²) in [6.07, 6.45) is 3.05. The van der Waals surface area contributed by atoms with E-state index < -0.39 is 11.4 Å². The van der Waals surface area contributed by atoms with Crippen LogP contribution in [0, 0.1) is 0 Å². The minimum absolute atomic E-state index is 0.0214. The van der Waals surface area contributed by atoms with E-state index in [0.717, 1.165) is 0 Å². The molecule has 0 saturated heterocycles.